The molecule has 0 radical (unpaired) electrons. The van der Waals surface area contributed by atoms with E-state index in [2.05, 4.69) is 0 Å². The van der Waals surface area contributed by atoms with Crippen LogP contribution in [0.25, 0.3) is 0 Å². The molecule has 0 fully saturated rings. The second-order valence-electron chi connectivity index (χ2n) is 4.07. The zero-order valence-electron chi connectivity index (χ0n) is 11.1. The molecule has 0 amide bonds. The third kappa shape index (κ3) is 3.02. The Kier molecular flexibility index (Phi) is 5.30. The predicted octanol–water partition coefficient (Wildman–Crippen LogP) is 2.54. The topological polar surface area (TPSA) is 63.6 Å². The first kappa shape index (κ1) is 15.0. The minimum absolute atomic E-state index is 0.0711. The zero-order valence-corrected chi connectivity index (χ0v) is 11.1. The van der Waals surface area contributed by atoms with Gasteiger partial charge in [0.25, 0.3) is 0 Å². The summed E-state index contributed by atoms with van der Waals surface area (Å²) in [5.74, 6) is -1.93. The van der Waals surface area contributed by atoms with Crippen LogP contribution < -0.4 is 0 Å². The first-order valence-electron chi connectivity index (χ1n) is 6.16. The van der Waals surface area contributed by atoms with Gasteiger partial charge in [-0.1, -0.05) is 42.5 Å². The molecule has 0 spiro atoms. The molecule has 0 aliphatic carbocycles. The Morgan fingerprint density at radius 2 is 1.95 bits per heavy atom. The molecule has 102 valence electrons. The number of aliphatic carboxylic acids is 1. The van der Waals surface area contributed by atoms with Gasteiger partial charge < -0.3 is 9.84 Å². The summed E-state index contributed by atoms with van der Waals surface area (Å²) in [4.78, 5) is 23.9. The Labute approximate surface area is 112 Å². The number of carboxylic acid groups (broad SMARTS) is 1. The van der Waals surface area contributed by atoms with Crippen LogP contribution in [0.5, 0.6) is 0 Å². The number of hydrogen-bond donors (Lipinski definition) is 1. The summed E-state index contributed by atoms with van der Waals surface area (Å²) in [5.41, 5.74) is -1.25. The van der Waals surface area contributed by atoms with Crippen LogP contribution in [0, 0.1) is 0 Å². The maximum Gasteiger partial charge on any atom is 0.328 e. The van der Waals surface area contributed by atoms with Crippen molar-refractivity contribution in [3.63, 3.8) is 0 Å². The molecule has 0 saturated heterocycles. The maximum absolute atomic E-state index is 12.2. The number of carboxylic acids is 1. The minimum Gasteiger partial charge on any atom is -0.480 e. The fourth-order valence-corrected chi connectivity index (χ4v) is 1.89. The van der Waals surface area contributed by atoms with Crippen LogP contribution in [-0.2, 0) is 19.7 Å². The van der Waals surface area contributed by atoms with E-state index in [9.17, 15) is 14.7 Å². The SMILES string of the molecule is C/C=C/CC(C(=O)O)(C(=O)OCC)c1ccccc1. The highest BCUT2D eigenvalue weighted by molar-refractivity contribution is 6.05. The number of carbonyl (C=O) groups excluding carboxylic acids is 1. The van der Waals surface area contributed by atoms with Crippen LogP contribution in [0.15, 0.2) is 42.5 Å². The molecule has 4 heteroatoms. The summed E-state index contributed by atoms with van der Waals surface area (Å²) in [6.07, 6.45) is 3.46. The lowest BCUT2D eigenvalue weighted by atomic mass is 9.77. The van der Waals surface area contributed by atoms with E-state index in [0.29, 0.717) is 5.56 Å². The molecular weight excluding hydrogens is 244 g/mol. The van der Waals surface area contributed by atoms with E-state index >= 15 is 0 Å². The van der Waals surface area contributed by atoms with E-state index in [1.54, 1.807) is 56.3 Å². The third-order valence-corrected chi connectivity index (χ3v) is 2.92. The largest absolute Gasteiger partial charge is 0.480 e. The summed E-state index contributed by atoms with van der Waals surface area (Å²) in [6.45, 7) is 3.59. The number of allylic oxidation sites excluding steroid dienone is 2. The quantitative estimate of drug-likeness (QED) is 0.486. The third-order valence-electron chi connectivity index (χ3n) is 2.92. The standard InChI is InChI=1S/C15H18O4/c1-3-5-11-15(13(16)17,14(18)19-4-2)12-9-7-6-8-10-12/h3,5-10H,4,11H2,1-2H3,(H,16,17)/b5-3+. The fourth-order valence-electron chi connectivity index (χ4n) is 1.89. The first-order valence-corrected chi connectivity index (χ1v) is 6.16. The Hall–Kier alpha value is -2.10. The van der Waals surface area contributed by atoms with Crippen molar-refractivity contribution >= 4 is 11.9 Å². The van der Waals surface area contributed by atoms with Crippen molar-refractivity contribution in [1.29, 1.82) is 0 Å². The van der Waals surface area contributed by atoms with E-state index in [0.717, 1.165) is 0 Å². The van der Waals surface area contributed by atoms with Gasteiger partial charge in [-0.3, -0.25) is 9.59 Å². The van der Waals surface area contributed by atoms with Crippen molar-refractivity contribution in [2.24, 2.45) is 0 Å². The van der Waals surface area contributed by atoms with E-state index in [-0.39, 0.29) is 13.0 Å². The van der Waals surface area contributed by atoms with Gasteiger partial charge in [0.2, 0.25) is 0 Å². The lowest BCUT2D eigenvalue weighted by molar-refractivity contribution is -0.161. The van der Waals surface area contributed by atoms with Gasteiger partial charge in [0, 0.05) is 0 Å². The van der Waals surface area contributed by atoms with Gasteiger partial charge in [0.1, 0.15) is 0 Å². The number of ether oxygens (including phenoxy) is 1. The number of esters is 1. The van der Waals surface area contributed by atoms with Gasteiger partial charge in [-0.2, -0.15) is 0 Å². The van der Waals surface area contributed by atoms with Gasteiger partial charge in [-0.05, 0) is 25.8 Å². The molecule has 0 bridgehead atoms. The van der Waals surface area contributed by atoms with Crippen molar-refractivity contribution in [2.75, 3.05) is 6.61 Å². The molecule has 1 unspecified atom stereocenters. The van der Waals surface area contributed by atoms with Crippen LogP contribution >= 0.6 is 0 Å². The van der Waals surface area contributed by atoms with E-state index in [1.807, 2.05) is 0 Å². The molecule has 1 N–H and O–H groups in total. The normalized spacial score (nSPS) is 14.0. The van der Waals surface area contributed by atoms with Crippen molar-refractivity contribution in [3.8, 4) is 0 Å². The zero-order chi connectivity index (χ0) is 14.3. The average molecular weight is 262 g/mol. The molecule has 0 aromatic heterocycles. The van der Waals surface area contributed by atoms with E-state index < -0.39 is 17.4 Å². The molecule has 1 aromatic carbocycles. The number of hydrogen-bond acceptors (Lipinski definition) is 3. The average Bonchev–Trinajstić information content (AvgIpc) is 2.41. The molecule has 0 aliphatic rings. The van der Waals surface area contributed by atoms with Crippen molar-refractivity contribution in [1.82, 2.24) is 0 Å². The summed E-state index contributed by atoms with van der Waals surface area (Å²) in [6, 6.07) is 8.46. The summed E-state index contributed by atoms with van der Waals surface area (Å²) < 4.78 is 4.97. The van der Waals surface area contributed by atoms with Crippen LogP contribution in [0.2, 0.25) is 0 Å². The van der Waals surface area contributed by atoms with Crippen molar-refractivity contribution < 1.29 is 19.4 Å². The highest BCUT2D eigenvalue weighted by Crippen LogP contribution is 2.31. The number of benzene rings is 1. The van der Waals surface area contributed by atoms with Gasteiger partial charge in [-0.25, -0.2) is 0 Å². The maximum atomic E-state index is 12.2. The van der Waals surface area contributed by atoms with Gasteiger partial charge >= 0.3 is 11.9 Å². The summed E-state index contributed by atoms with van der Waals surface area (Å²) >= 11 is 0. The Bertz CT molecular complexity index is 464. The molecule has 1 rings (SSSR count). The minimum atomic E-state index is -1.68. The molecule has 0 heterocycles. The second-order valence-corrected chi connectivity index (χ2v) is 4.07. The molecule has 19 heavy (non-hydrogen) atoms. The van der Waals surface area contributed by atoms with Crippen LogP contribution in [-0.4, -0.2) is 23.7 Å². The predicted molar refractivity (Wildman–Crippen MR) is 71.8 cm³/mol. The van der Waals surface area contributed by atoms with Gasteiger partial charge in [0.15, 0.2) is 5.41 Å². The molecule has 1 atom stereocenters. The fraction of sp³-hybridized carbons (Fsp3) is 0.333. The number of carbonyl (C=O) groups is 2. The first-order chi connectivity index (χ1) is 9.09. The summed E-state index contributed by atoms with van der Waals surface area (Å²) in [7, 11) is 0. The summed E-state index contributed by atoms with van der Waals surface area (Å²) in [5, 5.41) is 9.57. The molecule has 0 aliphatic heterocycles. The van der Waals surface area contributed by atoms with E-state index in [1.165, 1.54) is 0 Å². The van der Waals surface area contributed by atoms with Gasteiger partial charge in [-0.15, -0.1) is 0 Å². The highest BCUT2D eigenvalue weighted by Gasteiger charge is 2.48. The molecule has 1 aromatic rings. The van der Waals surface area contributed by atoms with Crippen molar-refractivity contribution in [2.45, 2.75) is 25.7 Å². The van der Waals surface area contributed by atoms with Crippen molar-refractivity contribution in [3.05, 3.63) is 48.0 Å². The lowest BCUT2D eigenvalue weighted by Gasteiger charge is -2.26. The van der Waals surface area contributed by atoms with Crippen LogP contribution in [0.1, 0.15) is 25.8 Å². The Morgan fingerprint density at radius 1 is 1.32 bits per heavy atom. The van der Waals surface area contributed by atoms with Crippen LogP contribution in [0.3, 0.4) is 0 Å². The van der Waals surface area contributed by atoms with E-state index in [4.69, 9.17) is 4.74 Å². The monoisotopic (exact) mass is 262 g/mol. The lowest BCUT2D eigenvalue weighted by Crippen LogP contribution is -2.44. The molecule has 0 saturated carbocycles. The highest BCUT2D eigenvalue weighted by atomic mass is 16.5. The number of rotatable bonds is 6. The van der Waals surface area contributed by atoms with Gasteiger partial charge in [0.05, 0.1) is 6.61 Å². The Morgan fingerprint density at radius 3 is 2.42 bits per heavy atom. The van der Waals surface area contributed by atoms with Crippen LogP contribution in [0.4, 0.5) is 0 Å². The second kappa shape index (κ2) is 6.73. The molecule has 4 nitrogen and oxygen atoms in total. The Balaban J connectivity index is 3.35. The smallest absolute Gasteiger partial charge is 0.328 e. The molecular formula is C15H18O4.